The van der Waals surface area contributed by atoms with Crippen LogP contribution in [0.15, 0.2) is 36.8 Å². The van der Waals surface area contributed by atoms with Gasteiger partial charge in [-0.2, -0.15) is 10.4 Å². The van der Waals surface area contributed by atoms with Crippen molar-refractivity contribution in [1.29, 1.82) is 5.26 Å². The van der Waals surface area contributed by atoms with E-state index in [0.29, 0.717) is 24.5 Å². The molecule has 0 aliphatic carbocycles. The predicted molar refractivity (Wildman–Crippen MR) is 112 cm³/mol. The molecule has 1 fully saturated rings. The summed E-state index contributed by atoms with van der Waals surface area (Å²) in [6.07, 6.45) is 10.6. The zero-order chi connectivity index (χ0) is 20.2. The number of hydrogen-bond acceptors (Lipinski definition) is 6. The van der Waals surface area contributed by atoms with Crippen molar-refractivity contribution < 1.29 is 4.74 Å². The van der Waals surface area contributed by atoms with Crippen molar-refractivity contribution in [3.05, 3.63) is 42.4 Å². The van der Waals surface area contributed by atoms with E-state index >= 15 is 0 Å². The highest BCUT2D eigenvalue weighted by atomic mass is 16.5. The van der Waals surface area contributed by atoms with Gasteiger partial charge in [-0.15, -0.1) is 6.42 Å². The molecule has 0 atom stereocenters. The monoisotopic (exact) mass is 386 g/mol. The molecule has 7 nitrogen and oxygen atoms in total. The summed E-state index contributed by atoms with van der Waals surface area (Å²) in [4.78, 5) is 9.22. The van der Waals surface area contributed by atoms with Crippen LogP contribution >= 0.6 is 0 Å². The minimum atomic E-state index is 0.525. The van der Waals surface area contributed by atoms with Crippen LogP contribution in [0.25, 0.3) is 16.6 Å². The third-order valence-electron chi connectivity index (χ3n) is 5.09. The Bertz CT molecular complexity index is 1080. The molecule has 0 N–H and O–H groups in total. The number of fused-ring (bicyclic) bond motifs is 1. The van der Waals surface area contributed by atoms with Crippen LogP contribution in [-0.4, -0.2) is 58.8 Å². The highest BCUT2D eigenvalue weighted by Crippen LogP contribution is 2.31. The Kier molecular flexibility index (Phi) is 5.33. The predicted octanol–water partition coefficient (Wildman–Crippen LogP) is 2.42. The lowest BCUT2D eigenvalue weighted by molar-refractivity contribution is 0.287. The van der Waals surface area contributed by atoms with E-state index in [4.69, 9.17) is 11.2 Å². The normalized spacial score (nSPS) is 14.5. The second-order valence-electron chi connectivity index (χ2n) is 6.86. The zero-order valence-electron chi connectivity index (χ0n) is 16.4. The number of ether oxygens (including phenoxy) is 1. The number of aromatic nitrogens is 3. The molecule has 0 bridgehead atoms. The quantitative estimate of drug-likeness (QED) is 0.628. The van der Waals surface area contributed by atoms with E-state index < -0.39 is 0 Å². The fourth-order valence-electron chi connectivity index (χ4n) is 3.64. The van der Waals surface area contributed by atoms with Crippen LogP contribution < -0.4 is 9.64 Å². The van der Waals surface area contributed by atoms with Gasteiger partial charge in [0.15, 0.2) is 0 Å². The fourth-order valence-corrected chi connectivity index (χ4v) is 3.64. The topological polar surface area (TPSA) is 69.7 Å². The van der Waals surface area contributed by atoms with Crippen LogP contribution in [0.5, 0.6) is 5.75 Å². The highest BCUT2D eigenvalue weighted by molar-refractivity contribution is 5.85. The number of pyridine rings is 2. The van der Waals surface area contributed by atoms with Gasteiger partial charge in [-0.25, -0.2) is 9.50 Å². The van der Waals surface area contributed by atoms with E-state index in [1.54, 1.807) is 16.9 Å². The van der Waals surface area contributed by atoms with Crippen LogP contribution in [0.2, 0.25) is 0 Å². The summed E-state index contributed by atoms with van der Waals surface area (Å²) in [6, 6.07) is 8.22. The van der Waals surface area contributed by atoms with Crippen LogP contribution in [0.4, 0.5) is 5.82 Å². The number of nitrogens with zero attached hydrogens (tertiary/aromatic N) is 6. The highest BCUT2D eigenvalue weighted by Gasteiger charge is 2.18. The average Bonchev–Trinajstić information content (AvgIpc) is 3.17. The first-order chi connectivity index (χ1) is 14.2. The van der Waals surface area contributed by atoms with E-state index in [2.05, 4.69) is 31.9 Å². The molecule has 0 amide bonds. The van der Waals surface area contributed by atoms with E-state index in [1.807, 2.05) is 31.3 Å². The summed E-state index contributed by atoms with van der Waals surface area (Å²) in [5.74, 6) is 4.35. The Balaban J connectivity index is 1.64. The molecule has 1 saturated heterocycles. The van der Waals surface area contributed by atoms with E-state index in [9.17, 15) is 5.26 Å². The SMILES string of the molecule is C#CCN1CCN(c2ccc(-c3cc(OCC)cn4ncc(C#N)c34)cn2)CC1. The first-order valence-electron chi connectivity index (χ1n) is 9.65. The summed E-state index contributed by atoms with van der Waals surface area (Å²) in [5, 5.41) is 13.8. The van der Waals surface area contributed by atoms with Gasteiger partial charge in [0.25, 0.3) is 0 Å². The Morgan fingerprint density at radius 2 is 2.03 bits per heavy atom. The lowest BCUT2D eigenvalue weighted by Gasteiger charge is -2.34. The van der Waals surface area contributed by atoms with Gasteiger partial charge in [0.05, 0.1) is 36.6 Å². The summed E-state index contributed by atoms with van der Waals surface area (Å²) in [5.41, 5.74) is 3.08. The Morgan fingerprint density at radius 3 is 2.69 bits per heavy atom. The first-order valence-corrected chi connectivity index (χ1v) is 9.65. The molecule has 1 aliphatic rings. The van der Waals surface area contributed by atoms with Gasteiger partial charge >= 0.3 is 0 Å². The summed E-state index contributed by atoms with van der Waals surface area (Å²) in [6.45, 7) is 6.86. The molecule has 4 rings (SSSR count). The average molecular weight is 386 g/mol. The molecule has 0 aromatic carbocycles. The van der Waals surface area contributed by atoms with Crippen molar-refractivity contribution in [1.82, 2.24) is 19.5 Å². The fraction of sp³-hybridized carbons (Fsp3) is 0.318. The maximum Gasteiger partial charge on any atom is 0.138 e. The van der Waals surface area contributed by atoms with Crippen molar-refractivity contribution >= 4 is 11.3 Å². The molecule has 0 radical (unpaired) electrons. The lowest BCUT2D eigenvalue weighted by atomic mass is 10.1. The molecule has 1 aliphatic heterocycles. The summed E-state index contributed by atoms with van der Waals surface area (Å²) >= 11 is 0. The largest absolute Gasteiger partial charge is 0.492 e. The smallest absolute Gasteiger partial charge is 0.138 e. The Labute approximate surface area is 170 Å². The molecule has 3 aromatic rings. The molecular formula is C22H22N6O. The number of terminal acetylenes is 1. The molecule has 0 spiro atoms. The molecule has 3 aromatic heterocycles. The molecule has 0 saturated carbocycles. The van der Waals surface area contributed by atoms with Gasteiger partial charge in [-0.05, 0) is 25.1 Å². The third-order valence-corrected chi connectivity index (χ3v) is 5.09. The minimum absolute atomic E-state index is 0.525. The molecule has 4 heterocycles. The van der Waals surface area contributed by atoms with Crippen LogP contribution in [0, 0.1) is 23.7 Å². The van der Waals surface area contributed by atoms with Crippen LogP contribution in [0.3, 0.4) is 0 Å². The number of hydrogen-bond donors (Lipinski definition) is 0. The lowest BCUT2D eigenvalue weighted by Crippen LogP contribution is -2.46. The Hall–Kier alpha value is -3.55. The Morgan fingerprint density at radius 1 is 1.21 bits per heavy atom. The standard InChI is InChI=1S/C22H22N6O/c1-3-7-26-8-10-27(11-9-26)21-6-5-17(14-24-21)20-12-19(29-4-2)16-28-22(20)18(13-23)15-25-28/h1,5-6,12,14-16H,4,7-11H2,2H3. The number of nitriles is 1. The van der Waals surface area contributed by atoms with Gasteiger partial charge < -0.3 is 9.64 Å². The van der Waals surface area contributed by atoms with Crippen molar-refractivity contribution in [2.75, 3.05) is 44.2 Å². The van der Waals surface area contributed by atoms with Crippen molar-refractivity contribution in [3.63, 3.8) is 0 Å². The number of rotatable bonds is 5. The van der Waals surface area contributed by atoms with Gasteiger partial charge in [-0.1, -0.05) is 5.92 Å². The van der Waals surface area contributed by atoms with Crippen molar-refractivity contribution in [2.24, 2.45) is 0 Å². The second kappa shape index (κ2) is 8.22. The molecule has 29 heavy (non-hydrogen) atoms. The van der Waals surface area contributed by atoms with Crippen molar-refractivity contribution in [2.45, 2.75) is 6.92 Å². The van der Waals surface area contributed by atoms with Crippen LogP contribution in [-0.2, 0) is 0 Å². The summed E-state index contributed by atoms with van der Waals surface area (Å²) in [7, 11) is 0. The molecule has 7 heteroatoms. The number of anilines is 1. The van der Waals surface area contributed by atoms with Crippen molar-refractivity contribution in [3.8, 4) is 35.3 Å². The van der Waals surface area contributed by atoms with E-state index in [0.717, 1.165) is 48.6 Å². The minimum Gasteiger partial charge on any atom is -0.492 e. The number of piperazine rings is 1. The van der Waals surface area contributed by atoms with Gasteiger partial charge in [-0.3, -0.25) is 4.90 Å². The van der Waals surface area contributed by atoms with Gasteiger partial charge in [0.2, 0.25) is 0 Å². The second-order valence-corrected chi connectivity index (χ2v) is 6.86. The third kappa shape index (κ3) is 3.73. The first kappa shape index (κ1) is 18.8. The maximum absolute atomic E-state index is 9.47. The summed E-state index contributed by atoms with van der Waals surface area (Å²) < 4.78 is 7.37. The maximum atomic E-state index is 9.47. The van der Waals surface area contributed by atoms with E-state index in [1.165, 1.54) is 0 Å². The van der Waals surface area contributed by atoms with Crippen LogP contribution in [0.1, 0.15) is 12.5 Å². The zero-order valence-corrected chi connectivity index (χ0v) is 16.4. The van der Waals surface area contributed by atoms with Gasteiger partial charge in [0, 0.05) is 43.5 Å². The van der Waals surface area contributed by atoms with E-state index in [-0.39, 0.29) is 0 Å². The molecule has 0 unspecified atom stereocenters. The molecule has 146 valence electrons. The molecular weight excluding hydrogens is 364 g/mol. The van der Waals surface area contributed by atoms with Gasteiger partial charge in [0.1, 0.15) is 17.6 Å².